The van der Waals surface area contributed by atoms with Gasteiger partial charge in [-0.1, -0.05) is 12.1 Å². The molecule has 0 bridgehead atoms. The van der Waals surface area contributed by atoms with Gasteiger partial charge in [0.25, 0.3) is 15.9 Å². The van der Waals surface area contributed by atoms with Crippen LogP contribution in [0.25, 0.3) is 11.0 Å². The molecule has 1 aromatic carbocycles. The molecule has 192 valence electrons. The lowest BCUT2D eigenvalue weighted by Gasteiger charge is -2.21. The topological polar surface area (TPSA) is 132 Å². The van der Waals surface area contributed by atoms with Gasteiger partial charge in [-0.25, -0.2) is 27.5 Å². The SMILES string of the molecule is O=C(NS(=O)(=O)c1cnc(OCC2CCOCC2)c(F)c1)c1ccccc1Oc1cnc2[nH]ccc2c1. The van der Waals surface area contributed by atoms with Crippen molar-refractivity contribution < 1.29 is 31.8 Å². The van der Waals surface area contributed by atoms with E-state index in [1.54, 1.807) is 24.4 Å². The summed E-state index contributed by atoms with van der Waals surface area (Å²) in [4.78, 5) is 23.4. The zero-order valence-electron chi connectivity index (χ0n) is 19.5. The number of hydrogen-bond acceptors (Lipinski definition) is 8. The highest BCUT2D eigenvalue weighted by Gasteiger charge is 2.24. The van der Waals surface area contributed by atoms with Gasteiger partial charge in [0.05, 0.1) is 24.6 Å². The molecule has 10 nitrogen and oxygen atoms in total. The molecule has 1 amide bonds. The van der Waals surface area contributed by atoms with Crippen LogP contribution in [0.1, 0.15) is 23.2 Å². The van der Waals surface area contributed by atoms with E-state index in [0.717, 1.165) is 30.5 Å². The van der Waals surface area contributed by atoms with Gasteiger partial charge in [0.2, 0.25) is 5.88 Å². The molecule has 1 aliphatic heterocycles. The second-order valence-corrected chi connectivity index (χ2v) is 10.1. The maximum Gasteiger partial charge on any atom is 0.268 e. The van der Waals surface area contributed by atoms with E-state index in [9.17, 15) is 17.6 Å². The molecule has 5 rings (SSSR count). The largest absolute Gasteiger partial charge is 0.475 e. The third kappa shape index (κ3) is 5.70. The smallest absolute Gasteiger partial charge is 0.268 e. The third-order valence-electron chi connectivity index (χ3n) is 5.85. The minimum absolute atomic E-state index is 0.0370. The number of nitrogens with one attached hydrogen (secondary N) is 2. The molecule has 4 aromatic rings. The third-order valence-corrected chi connectivity index (χ3v) is 7.15. The Labute approximate surface area is 211 Å². The summed E-state index contributed by atoms with van der Waals surface area (Å²) in [5.41, 5.74) is 0.635. The van der Waals surface area contributed by atoms with Crippen molar-refractivity contribution in [2.24, 2.45) is 5.92 Å². The van der Waals surface area contributed by atoms with Crippen LogP contribution in [-0.2, 0) is 14.8 Å². The lowest BCUT2D eigenvalue weighted by Crippen LogP contribution is -2.31. The first-order chi connectivity index (χ1) is 17.9. The quantitative estimate of drug-likeness (QED) is 0.354. The summed E-state index contributed by atoms with van der Waals surface area (Å²) in [7, 11) is -4.44. The Morgan fingerprint density at radius 2 is 1.95 bits per heavy atom. The van der Waals surface area contributed by atoms with Crippen molar-refractivity contribution in [3.8, 4) is 17.4 Å². The number of halogens is 1. The molecule has 0 atom stereocenters. The minimum Gasteiger partial charge on any atom is -0.475 e. The highest BCUT2D eigenvalue weighted by molar-refractivity contribution is 7.90. The Kier molecular flexibility index (Phi) is 7.01. The van der Waals surface area contributed by atoms with E-state index in [1.807, 2.05) is 10.8 Å². The number of nitrogens with zero attached hydrogens (tertiary/aromatic N) is 2. The number of hydrogen-bond donors (Lipinski definition) is 2. The van der Waals surface area contributed by atoms with E-state index >= 15 is 0 Å². The Morgan fingerprint density at radius 3 is 2.76 bits per heavy atom. The van der Waals surface area contributed by atoms with Crippen molar-refractivity contribution >= 4 is 27.0 Å². The van der Waals surface area contributed by atoms with E-state index in [-0.39, 0.29) is 29.7 Å². The van der Waals surface area contributed by atoms with Crippen LogP contribution in [0.15, 0.2) is 66.0 Å². The number of carbonyl (C=O) groups is 1. The molecule has 4 heterocycles. The summed E-state index contributed by atoms with van der Waals surface area (Å²) in [6, 6.07) is 10.4. The highest BCUT2D eigenvalue weighted by atomic mass is 32.2. The minimum atomic E-state index is -4.44. The van der Waals surface area contributed by atoms with Crippen LogP contribution < -0.4 is 14.2 Å². The number of amides is 1. The van der Waals surface area contributed by atoms with Crippen LogP contribution in [0.4, 0.5) is 4.39 Å². The van der Waals surface area contributed by atoms with Gasteiger partial charge in [-0.3, -0.25) is 4.79 Å². The lowest BCUT2D eigenvalue weighted by molar-refractivity contribution is 0.0483. The number of aromatic nitrogens is 3. The first kappa shape index (κ1) is 24.7. The Bertz CT molecular complexity index is 1540. The van der Waals surface area contributed by atoms with E-state index in [0.29, 0.717) is 24.6 Å². The normalized spacial score (nSPS) is 14.4. The van der Waals surface area contributed by atoms with E-state index < -0.39 is 26.6 Å². The molecule has 12 heteroatoms. The van der Waals surface area contributed by atoms with Gasteiger partial charge in [0, 0.05) is 30.9 Å². The molecule has 0 unspecified atom stereocenters. The van der Waals surface area contributed by atoms with Crippen molar-refractivity contribution in [3.63, 3.8) is 0 Å². The molecule has 1 fully saturated rings. The summed E-state index contributed by atoms with van der Waals surface area (Å²) in [5, 5.41) is 0.803. The van der Waals surface area contributed by atoms with Crippen molar-refractivity contribution in [1.82, 2.24) is 19.7 Å². The summed E-state index contributed by atoms with van der Waals surface area (Å²) in [6.45, 7) is 1.49. The summed E-state index contributed by atoms with van der Waals surface area (Å²) in [5.74, 6) is -1.51. The number of para-hydroxylation sites is 1. The van der Waals surface area contributed by atoms with Gasteiger partial charge < -0.3 is 19.2 Å². The summed E-state index contributed by atoms with van der Waals surface area (Å²) in [6.07, 6.45) is 5.74. The predicted molar refractivity (Wildman–Crippen MR) is 130 cm³/mol. The zero-order valence-corrected chi connectivity index (χ0v) is 20.3. The molecule has 0 spiro atoms. The van der Waals surface area contributed by atoms with Gasteiger partial charge in [0.15, 0.2) is 5.82 Å². The van der Waals surface area contributed by atoms with Crippen molar-refractivity contribution in [1.29, 1.82) is 0 Å². The first-order valence-electron chi connectivity index (χ1n) is 11.5. The lowest BCUT2D eigenvalue weighted by atomic mass is 10.0. The highest BCUT2D eigenvalue weighted by Crippen LogP contribution is 2.27. The molecule has 0 saturated carbocycles. The molecular weight excluding hydrogens is 503 g/mol. The van der Waals surface area contributed by atoms with Crippen molar-refractivity contribution in [2.45, 2.75) is 17.7 Å². The molecular formula is C25H23FN4O6S. The maximum absolute atomic E-state index is 14.6. The second kappa shape index (κ2) is 10.5. The fourth-order valence-corrected chi connectivity index (χ4v) is 4.77. The van der Waals surface area contributed by atoms with Gasteiger partial charge in [-0.15, -0.1) is 0 Å². The van der Waals surface area contributed by atoms with Crippen molar-refractivity contribution in [2.75, 3.05) is 19.8 Å². The van der Waals surface area contributed by atoms with Crippen LogP contribution >= 0.6 is 0 Å². The van der Waals surface area contributed by atoms with Gasteiger partial charge in [-0.05, 0) is 43.0 Å². The van der Waals surface area contributed by atoms with Crippen LogP contribution in [0.2, 0.25) is 0 Å². The van der Waals surface area contributed by atoms with Gasteiger partial charge in [-0.2, -0.15) is 0 Å². The first-order valence-corrected chi connectivity index (χ1v) is 13.0. The number of rotatable bonds is 8. The van der Waals surface area contributed by atoms with E-state index in [2.05, 4.69) is 15.0 Å². The zero-order chi connectivity index (χ0) is 25.8. The van der Waals surface area contributed by atoms with Crippen LogP contribution in [-0.4, -0.2) is 49.1 Å². The second-order valence-electron chi connectivity index (χ2n) is 8.44. The van der Waals surface area contributed by atoms with Gasteiger partial charge >= 0.3 is 0 Å². The number of carbonyl (C=O) groups excluding carboxylic acids is 1. The number of fused-ring (bicyclic) bond motifs is 1. The predicted octanol–water partition coefficient (Wildman–Crippen LogP) is 3.81. The van der Waals surface area contributed by atoms with Crippen LogP contribution in [0.3, 0.4) is 0 Å². The molecule has 1 aliphatic rings. The Morgan fingerprint density at radius 1 is 1.14 bits per heavy atom. The molecule has 2 N–H and O–H groups in total. The maximum atomic E-state index is 14.6. The van der Waals surface area contributed by atoms with Gasteiger partial charge in [0.1, 0.15) is 22.0 Å². The monoisotopic (exact) mass is 526 g/mol. The van der Waals surface area contributed by atoms with Crippen LogP contribution in [0.5, 0.6) is 17.4 Å². The average molecular weight is 527 g/mol. The Balaban J connectivity index is 1.29. The molecule has 0 radical (unpaired) electrons. The number of H-pyrrole nitrogens is 1. The average Bonchev–Trinajstić information content (AvgIpc) is 3.36. The molecule has 37 heavy (non-hydrogen) atoms. The molecule has 0 aliphatic carbocycles. The van der Waals surface area contributed by atoms with Crippen molar-refractivity contribution in [3.05, 3.63) is 72.4 Å². The number of ether oxygens (including phenoxy) is 3. The fraction of sp³-hybridized carbons (Fsp3) is 0.240. The number of benzene rings is 1. The Hall–Kier alpha value is -4.03. The summed E-state index contributed by atoms with van der Waals surface area (Å²) < 4.78 is 58.7. The number of aromatic amines is 1. The van der Waals surface area contributed by atoms with Crippen LogP contribution in [0, 0.1) is 11.7 Å². The summed E-state index contributed by atoms with van der Waals surface area (Å²) >= 11 is 0. The number of pyridine rings is 2. The van der Waals surface area contributed by atoms with E-state index in [4.69, 9.17) is 14.2 Å². The molecule has 1 saturated heterocycles. The number of sulfonamides is 1. The standard InChI is InChI=1S/C25H23FN4O6S/c26-21-12-19(14-29-25(21)35-15-16-6-9-34-10-7-16)37(32,33)30-24(31)20-3-1-2-4-22(20)36-18-11-17-5-8-27-23(17)28-13-18/h1-5,8,11-14,16H,6-7,9-10,15H2,(H,27,28)(H,30,31). The van der Waals surface area contributed by atoms with E-state index in [1.165, 1.54) is 18.3 Å². The molecule has 3 aromatic heterocycles. The fourth-order valence-electron chi connectivity index (χ4n) is 3.85.